The Labute approximate surface area is 108 Å². The smallest absolute Gasteiger partial charge is 0.323 e. The molecule has 4 nitrogen and oxygen atoms in total. The maximum absolute atomic E-state index is 11.5. The fourth-order valence-electron chi connectivity index (χ4n) is 1.71. The minimum absolute atomic E-state index is 0.340. The largest absolute Gasteiger partial charge is 0.488 e. The summed E-state index contributed by atoms with van der Waals surface area (Å²) in [6.07, 6.45) is 0.403. The Morgan fingerprint density at radius 3 is 2.50 bits per heavy atom. The van der Waals surface area contributed by atoms with Crippen molar-refractivity contribution >= 4 is 5.97 Å². The van der Waals surface area contributed by atoms with E-state index in [0.717, 1.165) is 5.75 Å². The van der Waals surface area contributed by atoms with E-state index in [-0.39, 0.29) is 5.97 Å². The molecule has 1 rings (SSSR count). The maximum atomic E-state index is 11.5. The van der Waals surface area contributed by atoms with Crippen LogP contribution in [0.3, 0.4) is 0 Å². The lowest BCUT2D eigenvalue weighted by Crippen LogP contribution is -2.42. The first-order valence-corrected chi connectivity index (χ1v) is 6.11. The molecule has 0 radical (unpaired) electrons. The van der Waals surface area contributed by atoms with Crippen molar-refractivity contribution < 1.29 is 14.3 Å². The zero-order valence-corrected chi connectivity index (χ0v) is 11.2. The summed E-state index contributed by atoms with van der Waals surface area (Å²) in [5.41, 5.74) is 5.27. The first-order valence-electron chi connectivity index (χ1n) is 6.11. The summed E-state index contributed by atoms with van der Waals surface area (Å²) in [7, 11) is 0. The van der Waals surface area contributed by atoms with Crippen molar-refractivity contribution in [2.75, 3.05) is 6.61 Å². The van der Waals surface area contributed by atoms with Crippen LogP contribution in [0.1, 0.15) is 27.2 Å². The van der Waals surface area contributed by atoms with Gasteiger partial charge in [-0.3, -0.25) is 4.79 Å². The van der Waals surface area contributed by atoms with Gasteiger partial charge < -0.3 is 15.2 Å². The molecule has 0 aliphatic heterocycles. The molecular weight excluding hydrogens is 230 g/mol. The molecule has 4 heteroatoms. The molecule has 0 saturated carbocycles. The fraction of sp³-hybridized carbons (Fsp3) is 0.500. The highest BCUT2D eigenvalue weighted by atomic mass is 16.5. The highest BCUT2D eigenvalue weighted by molar-refractivity contribution is 5.75. The van der Waals surface area contributed by atoms with Crippen LogP contribution < -0.4 is 10.5 Å². The highest BCUT2D eigenvalue weighted by Crippen LogP contribution is 2.21. The van der Waals surface area contributed by atoms with E-state index in [4.69, 9.17) is 15.2 Å². The van der Waals surface area contributed by atoms with Crippen molar-refractivity contribution in [2.45, 2.75) is 38.8 Å². The number of nitrogens with two attached hydrogens (primary N) is 1. The third-order valence-corrected chi connectivity index (χ3v) is 2.44. The zero-order chi connectivity index (χ0) is 13.6. The van der Waals surface area contributed by atoms with Crippen LogP contribution in [0.5, 0.6) is 5.75 Å². The number of para-hydroxylation sites is 1. The molecule has 0 amide bonds. The molecule has 1 aromatic carbocycles. The van der Waals surface area contributed by atoms with Gasteiger partial charge in [0.1, 0.15) is 17.4 Å². The number of rotatable bonds is 6. The van der Waals surface area contributed by atoms with Crippen LogP contribution in [-0.2, 0) is 9.53 Å². The lowest BCUT2D eigenvalue weighted by Gasteiger charge is -2.28. The average Bonchev–Trinajstić information content (AvgIpc) is 2.29. The van der Waals surface area contributed by atoms with Crippen molar-refractivity contribution in [2.24, 2.45) is 5.73 Å². The Balaban J connectivity index is 2.56. The van der Waals surface area contributed by atoms with Crippen molar-refractivity contribution in [3.8, 4) is 5.75 Å². The number of ether oxygens (including phenoxy) is 2. The molecule has 0 aromatic heterocycles. The van der Waals surface area contributed by atoms with Crippen LogP contribution in [0, 0.1) is 0 Å². The predicted octanol–water partition coefficient (Wildman–Crippen LogP) is 2.12. The summed E-state index contributed by atoms with van der Waals surface area (Å²) in [4.78, 5) is 11.5. The molecule has 1 unspecified atom stereocenters. The molecular formula is C14H21NO3. The Bertz CT molecular complexity index is 376. The number of hydrogen-bond acceptors (Lipinski definition) is 4. The fourth-order valence-corrected chi connectivity index (χ4v) is 1.71. The predicted molar refractivity (Wildman–Crippen MR) is 70.4 cm³/mol. The second kappa shape index (κ2) is 6.40. The summed E-state index contributed by atoms with van der Waals surface area (Å²) in [6, 6.07) is 8.80. The average molecular weight is 251 g/mol. The monoisotopic (exact) mass is 251 g/mol. The van der Waals surface area contributed by atoms with Crippen molar-refractivity contribution in [3.63, 3.8) is 0 Å². The molecule has 0 heterocycles. The summed E-state index contributed by atoms with van der Waals surface area (Å²) >= 11 is 0. The van der Waals surface area contributed by atoms with Gasteiger partial charge in [-0.2, -0.15) is 0 Å². The van der Waals surface area contributed by atoms with Gasteiger partial charge >= 0.3 is 5.97 Å². The van der Waals surface area contributed by atoms with Gasteiger partial charge in [-0.15, -0.1) is 0 Å². The standard InChI is InChI=1S/C14H21NO3/c1-4-17-13(16)12(15)10-14(2,3)18-11-8-6-5-7-9-11/h5-9,12H,4,10,15H2,1-3H3. The minimum Gasteiger partial charge on any atom is -0.488 e. The second-order valence-electron chi connectivity index (χ2n) is 4.74. The van der Waals surface area contributed by atoms with Crippen LogP contribution in [0.25, 0.3) is 0 Å². The van der Waals surface area contributed by atoms with E-state index in [9.17, 15) is 4.79 Å². The molecule has 1 aromatic rings. The van der Waals surface area contributed by atoms with Gasteiger partial charge in [-0.25, -0.2) is 0 Å². The topological polar surface area (TPSA) is 61.5 Å². The van der Waals surface area contributed by atoms with Gasteiger partial charge in [-0.05, 0) is 32.9 Å². The lowest BCUT2D eigenvalue weighted by molar-refractivity contribution is -0.145. The van der Waals surface area contributed by atoms with Crippen molar-refractivity contribution in [1.82, 2.24) is 0 Å². The number of hydrogen-bond donors (Lipinski definition) is 1. The van der Waals surface area contributed by atoms with Gasteiger partial charge in [0.15, 0.2) is 0 Å². The number of carbonyl (C=O) groups is 1. The van der Waals surface area contributed by atoms with Gasteiger partial charge in [0.05, 0.1) is 6.61 Å². The Hall–Kier alpha value is -1.55. The Morgan fingerprint density at radius 1 is 1.33 bits per heavy atom. The zero-order valence-electron chi connectivity index (χ0n) is 11.2. The lowest BCUT2D eigenvalue weighted by atomic mass is 9.99. The summed E-state index contributed by atoms with van der Waals surface area (Å²) in [5.74, 6) is 0.376. The van der Waals surface area contributed by atoms with Crippen LogP contribution in [-0.4, -0.2) is 24.2 Å². The van der Waals surface area contributed by atoms with Crippen molar-refractivity contribution in [3.05, 3.63) is 30.3 Å². The summed E-state index contributed by atoms with van der Waals surface area (Å²) < 4.78 is 10.7. The van der Waals surface area contributed by atoms with E-state index in [0.29, 0.717) is 13.0 Å². The number of esters is 1. The molecule has 100 valence electrons. The molecule has 0 fully saturated rings. The molecule has 0 aliphatic carbocycles. The van der Waals surface area contributed by atoms with Gasteiger partial charge in [-0.1, -0.05) is 18.2 Å². The van der Waals surface area contributed by atoms with Gasteiger partial charge in [0.25, 0.3) is 0 Å². The molecule has 18 heavy (non-hydrogen) atoms. The number of carbonyl (C=O) groups excluding carboxylic acids is 1. The van der Waals surface area contributed by atoms with Gasteiger partial charge in [0, 0.05) is 6.42 Å². The van der Waals surface area contributed by atoms with E-state index >= 15 is 0 Å². The van der Waals surface area contributed by atoms with E-state index < -0.39 is 11.6 Å². The molecule has 2 N–H and O–H groups in total. The summed E-state index contributed by atoms with van der Waals surface area (Å²) in [6.45, 7) is 5.90. The first kappa shape index (κ1) is 14.5. The molecule has 1 atom stereocenters. The maximum Gasteiger partial charge on any atom is 0.323 e. The Kier molecular flexibility index (Phi) is 5.16. The Morgan fingerprint density at radius 2 is 1.94 bits per heavy atom. The minimum atomic E-state index is -0.663. The van der Waals surface area contributed by atoms with E-state index in [2.05, 4.69) is 0 Å². The molecule has 0 aliphatic rings. The normalized spacial score (nSPS) is 12.9. The third-order valence-electron chi connectivity index (χ3n) is 2.44. The molecule has 0 spiro atoms. The second-order valence-corrected chi connectivity index (χ2v) is 4.74. The SMILES string of the molecule is CCOC(=O)C(N)CC(C)(C)Oc1ccccc1. The van der Waals surface area contributed by atoms with Gasteiger partial charge in [0.2, 0.25) is 0 Å². The van der Waals surface area contributed by atoms with Crippen LogP contribution in [0.2, 0.25) is 0 Å². The quantitative estimate of drug-likeness (QED) is 0.787. The molecule has 0 bridgehead atoms. The van der Waals surface area contributed by atoms with Crippen LogP contribution in [0.4, 0.5) is 0 Å². The first-order chi connectivity index (χ1) is 8.44. The summed E-state index contributed by atoms with van der Waals surface area (Å²) in [5, 5.41) is 0. The van der Waals surface area contributed by atoms with E-state index in [1.54, 1.807) is 6.92 Å². The highest BCUT2D eigenvalue weighted by Gasteiger charge is 2.27. The van der Waals surface area contributed by atoms with Crippen molar-refractivity contribution in [1.29, 1.82) is 0 Å². The van der Waals surface area contributed by atoms with Crippen LogP contribution in [0.15, 0.2) is 30.3 Å². The third kappa shape index (κ3) is 4.75. The van der Waals surface area contributed by atoms with E-state index in [1.165, 1.54) is 0 Å². The number of benzene rings is 1. The van der Waals surface area contributed by atoms with Crippen LogP contribution >= 0.6 is 0 Å². The molecule has 0 saturated heterocycles. The van der Waals surface area contributed by atoms with E-state index in [1.807, 2.05) is 44.2 Å².